The highest BCUT2D eigenvalue weighted by Crippen LogP contribution is 2.20. The lowest BCUT2D eigenvalue weighted by Crippen LogP contribution is -2.34. The van der Waals surface area contributed by atoms with Crippen LogP contribution < -0.4 is 16.0 Å². The third-order valence-corrected chi connectivity index (χ3v) is 4.15. The monoisotopic (exact) mass is 393 g/mol. The summed E-state index contributed by atoms with van der Waals surface area (Å²) in [5.41, 5.74) is 3.48. The summed E-state index contributed by atoms with van der Waals surface area (Å²) in [5.74, 6) is 0.396. The zero-order chi connectivity index (χ0) is 21.0. The molecule has 0 bridgehead atoms. The molecular formula is C20H23N7O2. The number of nitrogens with one attached hydrogen (secondary N) is 3. The Kier molecular flexibility index (Phi) is 5.87. The number of hydrogen-bond acceptors (Lipinski definition) is 5. The number of urea groups is 1. The molecule has 0 saturated heterocycles. The topological polar surface area (TPSA) is 114 Å². The Bertz CT molecular complexity index is 1030. The van der Waals surface area contributed by atoms with Gasteiger partial charge in [0.2, 0.25) is 0 Å². The lowest BCUT2D eigenvalue weighted by molar-refractivity contribution is 0.102. The number of anilines is 2. The van der Waals surface area contributed by atoms with E-state index in [4.69, 9.17) is 0 Å². The number of hydrogen-bond donors (Lipinski definition) is 3. The quantitative estimate of drug-likeness (QED) is 0.616. The van der Waals surface area contributed by atoms with E-state index >= 15 is 0 Å². The average Bonchev–Trinajstić information content (AvgIpc) is 3.09. The summed E-state index contributed by atoms with van der Waals surface area (Å²) in [6.07, 6.45) is 0. The van der Waals surface area contributed by atoms with Crippen LogP contribution in [0, 0.1) is 13.8 Å². The van der Waals surface area contributed by atoms with E-state index in [0.29, 0.717) is 22.8 Å². The zero-order valence-corrected chi connectivity index (χ0v) is 16.7. The summed E-state index contributed by atoms with van der Waals surface area (Å²) in [7, 11) is 0. The van der Waals surface area contributed by atoms with Crippen LogP contribution in [0.3, 0.4) is 0 Å². The highest BCUT2D eigenvalue weighted by Gasteiger charge is 2.11. The lowest BCUT2D eigenvalue weighted by atomic mass is 10.1. The first kappa shape index (κ1) is 20.0. The van der Waals surface area contributed by atoms with Gasteiger partial charge in [0, 0.05) is 23.0 Å². The van der Waals surface area contributed by atoms with Crippen molar-refractivity contribution in [3.8, 4) is 5.69 Å². The van der Waals surface area contributed by atoms with Crippen molar-refractivity contribution >= 4 is 23.3 Å². The Morgan fingerprint density at radius 1 is 0.966 bits per heavy atom. The summed E-state index contributed by atoms with van der Waals surface area (Å²) < 4.78 is 1.62. The average molecular weight is 393 g/mol. The van der Waals surface area contributed by atoms with Crippen molar-refractivity contribution in [2.24, 2.45) is 0 Å². The number of rotatable bonds is 5. The molecule has 0 radical (unpaired) electrons. The number of aryl methyl sites for hydroxylation is 2. The van der Waals surface area contributed by atoms with Crippen molar-refractivity contribution in [3.63, 3.8) is 0 Å². The number of nitrogens with zero attached hydrogens (tertiary/aromatic N) is 4. The van der Waals surface area contributed by atoms with E-state index in [9.17, 15) is 9.59 Å². The standard InChI is InChI=1S/C20H23N7O2/c1-12(2)21-20(29)23-16-9-6-15(7-10-16)19(28)22-17-8-5-13(3)18(11-17)27-14(4)24-25-26-27/h5-12H,1-4H3,(H,22,28)(H2,21,23,29). The van der Waals surface area contributed by atoms with Crippen molar-refractivity contribution in [2.45, 2.75) is 33.7 Å². The minimum absolute atomic E-state index is 0.0385. The van der Waals surface area contributed by atoms with Crippen LogP contribution in [0.1, 0.15) is 35.6 Å². The van der Waals surface area contributed by atoms with Gasteiger partial charge in [0.1, 0.15) is 0 Å². The SMILES string of the molecule is Cc1ccc(NC(=O)c2ccc(NC(=O)NC(C)C)cc2)cc1-n1nnnc1C. The minimum Gasteiger partial charge on any atom is -0.336 e. The van der Waals surface area contributed by atoms with E-state index in [0.717, 1.165) is 11.3 Å². The van der Waals surface area contributed by atoms with Crippen LogP contribution in [0.25, 0.3) is 5.69 Å². The highest BCUT2D eigenvalue weighted by molar-refractivity contribution is 6.04. The van der Waals surface area contributed by atoms with E-state index in [1.807, 2.05) is 45.9 Å². The molecule has 3 N–H and O–H groups in total. The van der Waals surface area contributed by atoms with Crippen LogP contribution in [-0.2, 0) is 0 Å². The molecule has 0 fully saturated rings. The van der Waals surface area contributed by atoms with Gasteiger partial charge in [-0.1, -0.05) is 6.07 Å². The van der Waals surface area contributed by atoms with Crippen molar-refractivity contribution in [1.82, 2.24) is 25.5 Å². The Labute approximate surface area is 168 Å². The highest BCUT2D eigenvalue weighted by atomic mass is 16.2. The lowest BCUT2D eigenvalue weighted by Gasteiger charge is -2.12. The molecule has 0 aliphatic heterocycles. The maximum atomic E-state index is 12.6. The molecule has 1 heterocycles. The number of tetrazole rings is 1. The molecule has 29 heavy (non-hydrogen) atoms. The van der Waals surface area contributed by atoms with E-state index in [1.165, 1.54) is 0 Å². The van der Waals surface area contributed by atoms with Gasteiger partial charge in [-0.25, -0.2) is 4.79 Å². The van der Waals surface area contributed by atoms with Gasteiger partial charge in [0.15, 0.2) is 5.82 Å². The number of amides is 3. The Hall–Kier alpha value is -3.75. The van der Waals surface area contributed by atoms with E-state index in [-0.39, 0.29) is 18.0 Å². The zero-order valence-electron chi connectivity index (χ0n) is 16.7. The summed E-state index contributed by atoms with van der Waals surface area (Å²) in [5, 5.41) is 19.9. The predicted molar refractivity (Wildman–Crippen MR) is 110 cm³/mol. The molecule has 0 spiro atoms. The fraction of sp³-hybridized carbons (Fsp3) is 0.250. The fourth-order valence-electron chi connectivity index (χ4n) is 2.71. The molecule has 2 aromatic carbocycles. The van der Waals surface area contributed by atoms with Crippen LogP contribution in [-0.4, -0.2) is 38.2 Å². The number of benzene rings is 2. The third-order valence-electron chi connectivity index (χ3n) is 4.15. The first-order valence-electron chi connectivity index (χ1n) is 9.18. The number of carbonyl (C=O) groups is 2. The predicted octanol–water partition coefficient (Wildman–Crippen LogP) is 3.06. The molecule has 3 amide bonds. The first-order valence-corrected chi connectivity index (χ1v) is 9.18. The van der Waals surface area contributed by atoms with Gasteiger partial charge >= 0.3 is 6.03 Å². The second-order valence-electron chi connectivity index (χ2n) is 6.92. The first-order chi connectivity index (χ1) is 13.8. The Morgan fingerprint density at radius 2 is 1.66 bits per heavy atom. The van der Waals surface area contributed by atoms with Gasteiger partial charge in [-0.05, 0) is 80.1 Å². The molecule has 0 atom stereocenters. The number of carbonyl (C=O) groups excluding carboxylic acids is 2. The van der Waals surface area contributed by atoms with Gasteiger partial charge in [-0.3, -0.25) is 4.79 Å². The molecule has 150 valence electrons. The molecule has 0 aliphatic rings. The smallest absolute Gasteiger partial charge is 0.319 e. The molecule has 3 aromatic rings. The van der Waals surface area contributed by atoms with E-state index in [1.54, 1.807) is 28.9 Å². The Morgan fingerprint density at radius 3 is 2.28 bits per heavy atom. The second kappa shape index (κ2) is 8.51. The largest absolute Gasteiger partial charge is 0.336 e. The van der Waals surface area contributed by atoms with E-state index < -0.39 is 0 Å². The molecular weight excluding hydrogens is 370 g/mol. The fourth-order valence-corrected chi connectivity index (χ4v) is 2.71. The molecule has 9 nitrogen and oxygen atoms in total. The van der Waals surface area contributed by atoms with Crippen LogP contribution in [0.4, 0.5) is 16.2 Å². The van der Waals surface area contributed by atoms with E-state index in [2.05, 4.69) is 31.5 Å². The summed E-state index contributed by atoms with van der Waals surface area (Å²) in [4.78, 5) is 24.3. The molecule has 1 aromatic heterocycles. The van der Waals surface area contributed by atoms with Crippen LogP contribution in [0.2, 0.25) is 0 Å². The normalized spacial score (nSPS) is 10.7. The van der Waals surface area contributed by atoms with Gasteiger partial charge in [-0.15, -0.1) is 5.10 Å². The van der Waals surface area contributed by atoms with Gasteiger partial charge in [-0.2, -0.15) is 4.68 Å². The van der Waals surface area contributed by atoms with Gasteiger partial charge in [0.25, 0.3) is 5.91 Å². The molecule has 9 heteroatoms. The third kappa shape index (κ3) is 4.95. The van der Waals surface area contributed by atoms with Crippen LogP contribution in [0.5, 0.6) is 0 Å². The minimum atomic E-state index is -0.290. The molecule has 3 rings (SSSR count). The number of aromatic nitrogens is 4. The molecule has 0 saturated carbocycles. The van der Waals surface area contributed by atoms with Crippen molar-refractivity contribution in [1.29, 1.82) is 0 Å². The van der Waals surface area contributed by atoms with Gasteiger partial charge < -0.3 is 16.0 Å². The molecule has 0 aliphatic carbocycles. The van der Waals surface area contributed by atoms with Crippen molar-refractivity contribution in [2.75, 3.05) is 10.6 Å². The Balaban J connectivity index is 1.71. The summed E-state index contributed by atoms with van der Waals surface area (Å²) >= 11 is 0. The van der Waals surface area contributed by atoms with Crippen LogP contribution in [0.15, 0.2) is 42.5 Å². The summed E-state index contributed by atoms with van der Waals surface area (Å²) in [6, 6.07) is 12.0. The van der Waals surface area contributed by atoms with Gasteiger partial charge in [0.05, 0.1) is 5.69 Å². The maximum absolute atomic E-state index is 12.6. The molecule has 0 unspecified atom stereocenters. The van der Waals surface area contributed by atoms with Crippen molar-refractivity contribution in [3.05, 3.63) is 59.4 Å². The second-order valence-corrected chi connectivity index (χ2v) is 6.92. The van der Waals surface area contributed by atoms with Crippen molar-refractivity contribution < 1.29 is 9.59 Å². The summed E-state index contributed by atoms with van der Waals surface area (Å²) in [6.45, 7) is 7.51. The van der Waals surface area contributed by atoms with Crippen LogP contribution >= 0.6 is 0 Å². The maximum Gasteiger partial charge on any atom is 0.319 e.